The molecule has 5 heteroatoms. The molecule has 0 bridgehead atoms. The highest BCUT2D eigenvalue weighted by molar-refractivity contribution is 6.18. The van der Waals surface area contributed by atoms with Crippen molar-refractivity contribution in [1.82, 2.24) is 0 Å². The minimum atomic E-state index is -1.46. The van der Waals surface area contributed by atoms with Crippen molar-refractivity contribution >= 4 is 11.8 Å². The van der Waals surface area contributed by atoms with Crippen LogP contribution in [0.3, 0.4) is 0 Å². The number of carboxylic acids is 1. The standard InChI is InChI=1S/C24H44O5/c1-3-5-7-9-10-11-12-13-15-17-19-21(26)23(27)22(24(28)29)20(25)18-16-14-8-6-4-2/h21,25-26H,3-19H2,1-2H3,(H,28,29)/b22-20-. The zero-order chi connectivity index (χ0) is 21.9. The molecular formula is C24H44O5. The highest BCUT2D eigenvalue weighted by Gasteiger charge is 2.28. The number of ketones is 1. The quantitative estimate of drug-likeness (QED) is 0.0699. The van der Waals surface area contributed by atoms with Gasteiger partial charge in [0.1, 0.15) is 17.4 Å². The highest BCUT2D eigenvalue weighted by atomic mass is 16.4. The van der Waals surface area contributed by atoms with Crippen LogP contribution in [0.2, 0.25) is 0 Å². The molecule has 170 valence electrons. The van der Waals surface area contributed by atoms with E-state index in [9.17, 15) is 24.9 Å². The number of Topliss-reactive ketones (excluding diaryl/α,β-unsaturated/α-hetero) is 1. The summed E-state index contributed by atoms with van der Waals surface area (Å²) in [4.78, 5) is 23.7. The average molecular weight is 413 g/mol. The lowest BCUT2D eigenvalue weighted by Crippen LogP contribution is -2.27. The number of allylic oxidation sites excluding steroid dienone is 1. The molecule has 0 fully saturated rings. The Kier molecular flexibility index (Phi) is 17.8. The van der Waals surface area contributed by atoms with Crippen LogP contribution in [-0.4, -0.2) is 33.2 Å². The van der Waals surface area contributed by atoms with Crippen molar-refractivity contribution in [3.63, 3.8) is 0 Å². The second kappa shape index (κ2) is 18.7. The summed E-state index contributed by atoms with van der Waals surface area (Å²) in [5.41, 5.74) is -0.639. The Morgan fingerprint density at radius 1 is 0.655 bits per heavy atom. The lowest BCUT2D eigenvalue weighted by molar-refractivity contribution is -0.136. The number of carboxylic acid groups (broad SMARTS) is 1. The van der Waals surface area contributed by atoms with Gasteiger partial charge in [-0.25, -0.2) is 4.79 Å². The molecular weight excluding hydrogens is 368 g/mol. The number of carbonyl (C=O) groups excluding carboxylic acids is 1. The Morgan fingerprint density at radius 2 is 1.07 bits per heavy atom. The first-order chi connectivity index (χ1) is 14.0. The van der Waals surface area contributed by atoms with Crippen molar-refractivity contribution in [2.45, 2.75) is 129 Å². The molecule has 0 heterocycles. The molecule has 0 saturated carbocycles. The number of aliphatic hydroxyl groups excluding tert-OH is 2. The second-order valence-corrected chi connectivity index (χ2v) is 8.14. The Bertz CT molecular complexity index is 470. The van der Waals surface area contributed by atoms with Gasteiger partial charge in [0.15, 0.2) is 0 Å². The first-order valence-electron chi connectivity index (χ1n) is 11.8. The van der Waals surface area contributed by atoms with Gasteiger partial charge in [-0.15, -0.1) is 0 Å². The molecule has 29 heavy (non-hydrogen) atoms. The molecule has 3 N–H and O–H groups in total. The number of aliphatic carboxylic acids is 1. The van der Waals surface area contributed by atoms with Crippen molar-refractivity contribution < 1.29 is 24.9 Å². The van der Waals surface area contributed by atoms with Gasteiger partial charge in [0, 0.05) is 6.42 Å². The van der Waals surface area contributed by atoms with E-state index in [0.29, 0.717) is 12.8 Å². The van der Waals surface area contributed by atoms with E-state index in [4.69, 9.17) is 0 Å². The molecule has 0 aliphatic heterocycles. The molecule has 0 amide bonds. The first kappa shape index (κ1) is 27.6. The van der Waals surface area contributed by atoms with Crippen LogP contribution >= 0.6 is 0 Å². The third-order valence-electron chi connectivity index (χ3n) is 5.40. The minimum absolute atomic E-state index is 0.169. The van der Waals surface area contributed by atoms with E-state index >= 15 is 0 Å². The normalized spacial score (nSPS) is 13.2. The fourth-order valence-corrected chi connectivity index (χ4v) is 3.51. The van der Waals surface area contributed by atoms with Crippen LogP contribution in [0.5, 0.6) is 0 Å². The maximum absolute atomic E-state index is 12.3. The summed E-state index contributed by atoms with van der Waals surface area (Å²) in [5.74, 6) is -2.72. The SMILES string of the molecule is CCCCCCCCCCCCC(O)C(=O)/C(C(=O)O)=C(/O)CCCCCCC. The molecule has 0 aromatic heterocycles. The van der Waals surface area contributed by atoms with Crippen LogP contribution in [0.4, 0.5) is 0 Å². The van der Waals surface area contributed by atoms with E-state index < -0.39 is 29.2 Å². The minimum Gasteiger partial charge on any atom is -0.511 e. The van der Waals surface area contributed by atoms with E-state index in [0.717, 1.165) is 44.9 Å². The Hall–Kier alpha value is -1.36. The van der Waals surface area contributed by atoms with Gasteiger partial charge in [-0.1, -0.05) is 104 Å². The van der Waals surface area contributed by atoms with Gasteiger partial charge >= 0.3 is 5.97 Å². The fraction of sp³-hybridized carbons (Fsp3) is 0.833. The number of aliphatic hydroxyl groups is 2. The molecule has 1 atom stereocenters. The maximum Gasteiger partial charge on any atom is 0.342 e. The summed E-state index contributed by atoms with van der Waals surface area (Å²) in [5, 5.41) is 29.5. The predicted octanol–water partition coefficient (Wildman–Crippen LogP) is 6.48. The lowest BCUT2D eigenvalue weighted by Gasteiger charge is -2.12. The molecule has 0 spiro atoms. The van der Waals surface area contributed by atoms with Crippen LogP contribution in [0, 0.1) is 0 Å². The summed E-state index contributed by atoms with van der Waals surface area (Å²) in [7, 11) is 0. The molecule has 0 saturated heterocycles. The molecule has 1 unspecified atom stereocenters. The van der Waals surface area contributed by atoms with E-state index in [1.54, 1.807) is 0 Å². The van der Waals surface area contributed by atoms with Gasteiger partial charge in [0.25, 0.3) is 0 Å². The summed E-state index contributed by atoms with van der Waals surface area (Å²) >= 11 is 0. The van der Waals surface area contributed by atoms with E-state index in [-0.39, 0.29) is 12.8 Å². The number of unbranched alkanes of at least 4 members (excludes halogenated alkanes) is 13. The summed E-state index contributed by atoms with van der Waals surface area (Å²) < 4.78 is 0. The largest absolute Gasteiger partial charge is 0.511 e. The zero-order valence-electron chi connectivity index (χ0n) is 18.8. The fourth-order valence-electron chi connectivity index (χ4n) is 3.51. The molecule has 0 aliphatic rings. The topological polar surface area (TPSA) is 94.8 Å². The van der Waals surface area contributed by atoms with Crippen molar-refractivity contribution in [2.24, 2.45) is 0 Å². The Labute approximate surface area is 177 Å². The monoisotopic (exact) mass is 412 g/mol. The molecule has 5 nitrogen and oxygen atoms in total. The second-order valence-electron chi connectivity index (χ2n) is 8.14. The predicted molar refractivity (Wildman–Crippen MR) is 118 cm³/mol. The zero-order valence-corrected chi connectivity index (χ0v) is 18.8. The van der Waals surface area contributed by atoms with Crippen molar-refractivity contribution in [2.75, 3.05) is 0 Å². The number of hydrogen-bond donors (Lipinski definition) is 3. The van der Waals surface area contributed by atoms with E-state index in [1.807, 2.05) is 0 Å². The highest BCUT2D eigenvalue weighted by Crippen LogP contribution is 2.18. The maximum atomic E-state index is 12.3. The smallest absolute Gasteiger partial charge is 0.342 e. The number of rotatable bonds is 20. The van der Waals surface area contributed by atoms with Gasteiger partial charge in [-0.05, 0) is 12.8 Å². The van der Waals surface area contributed by atoms with Gasteiger partial charge in [-0.3, -0.25) is 4.79 Å². The molecule has 0 aromatic carbocycles. The molecule has 0 rings (SSSR count). The lowest BCUT2D eigenvalue weighted by atomic mass is 9.98. The first-order valence-corrected chi connectivity index (χ1v) is 11.8. The number of hydrogen-bond acceptors (Lipinski definition) is 4. The molecule has 0 aromatic rings. The third-order valence-corrected chi connectivity index (χ3v) is 5.40. The van der Waals surface area contributed by atoms with Gasteiger partial charge in [0.2, 0.25) is 5.78 Å². The van der Waals surface area contributed by atoms with Crippen LogP contribution in [0.25, 0.3) is 0 Å². The van der Waals surface area contributed by atoms with Crippen molar-refractivity contribution in [1.29, 1.82) is 0 Å². The van der Waals surface area contributed by atoms with E-state index in [2.05, 4.69) is 13.8 Å². The van der Waals surface area contributed by atoms with Crippen molar-refractivity contribution in [3.8, 4) is 0 Å². The Morgan fingerprint density at radius 3 is 1.52 bits per heavy atom. The van der Waals surface area contributed by atoms with Crippen molar-refractivity contribution in [3.05, 3.63) is 11.3 Å². The van der Waals surface area contributed by atoms with Gasteiger partial charge in [-0.2, -0.15) is 0 Å². The van der Waals surface area contributed by atoms with Gasteiger partial charge < -0.3 is 15.3 Å². The van der Waals surface area contributed by atoms with Gasteiger partial charge in [0.05, 0.1) is 0 Å². The summed E-state index contributed by atoms with van der Waals surface area (Å²) in [6.45, 7) is 4.32. The molecule has 0 radical (unpaired) electrons. The third kappa shape index (κ3) is 14.3. The number of carbonyl (C=O) groups is 2. The average Bonchev–Trinajstić information content (AvgIpc) is 2.68. The van der Waals surface area contributed by atoms with Crippen LogP contribution in [-0.2, 0) is 9.59 Å². The van der Waals surface area contributed by atoms with E-state index in [1.165, 1.54) is 38.5 Å². The summed E-state index contributed by atoms with van der Waals surface area (Å²) in [6, 6.07) is 0. The summed E-state index contributed by atoms with van der Waals surface area (Å²) in [6.07, 6.45) is 15.4. The molecule has 0 aliphatic carbocycles. The van der Waals surface area contributed by atoms with Crippen LogP contribution in [0.1, 0.15) is 123 Å². The van der Waals surface area contributed by atoms with Crippen LogP contribution < -0.4 is 0 Å². The Balaban J connectivity index is 4.17. The van der Waals surface area contributed by atoms with Crippen LogP contribution in [0.15, 0.2) is 11.3 Å².